The smallest absolute Gasteiger partial charge is 0.274 e. The Morgan fingerprint density at radius 1 is 0.364 bits per heavy atom. The zero-order valence-corrected chi connectivity index (χ0v) is 68.3. The van der Waals surface area contributed by atoms with E-state index in [1.807, 2.05) is 102 Å². The van der Waals surface area contributed by atoms with Crippen molar-refractivity contribution in [3.8, 4) is 0 Å². The number of methoxy groups -OCH3 is 2. The van der Waals surface area contributed by atoms with Gasteiger partial charge in [-0.05, 0) is 143 Å². The van der Waals surface area contributed by atoms with Gasteiger partial charge in [0.1, 0.15) is 17.0 Å². The fraction of sp³-hybridized carbons (Fsp3) is 0.386. The first-order chi connectivity index (χ1) is 53.7. The molecule has 2 saturated heterocycles. The van der Waals surface area contributed by atoms with Crippen LogP contribution in [-0.4, -0.2) is 182 Å². The van der Waals surface area contributed by atoms with Crippen LogP contribution in [-0.2, 0) is 56.6 Å². The van der Waals surface area contributed by atoms with Gasteiger partial charge in [0.05, 0.1) is 104 Å². The molecule has 2 aliphatic heterocycles. The monoisotopic (exact) mass is 1590 g/mol. The summed E-state index contributed by atoms with van der Waals surface area (Å²) in [5.74, 6) is -0.0594. The summed E-state index contributed by atoms with van der Waals surface area (Å²) in [5, 5.41) is 17.0. The highest BCUT2D eigenvalue weighted by Crippen LogP contribution is 2.40. The minimum atomic E-state index is -1.52. The molecule has 2 aromatic heterocycles. The van der Waals surface area contributed by atoms with Gasteiger partial charge in [0.25, 0.3) is 11.1 Å². The van der Waals surface area contributed by atoms with Crippen molar-refractivity contribution in [3.05, 3.63) is 280 Å². The van der Waals surface area contributed by atoms with Crippen LogP contribution in [0.4, 0.5) is 22.7 Å². The van der Waals surface area contributed by atoms with Crippen molar-refractivity contribution in [2.75, 3.05) is 179 Å². The van der Waals surface area contributed by atoms with Gasteiger partial charge in [0.2, 0.25) is 0 Å². The second-order valence-corrected chi connectivity index (χ2v) is 33.1. The molecule has 0 bridgehead atoms. The standard InChI is InChI=1S/C41H45Cl2N3O6.C41H45Cl2N3O5.C6H16Si/c1-49-23-24-51-27-28-52-26-25-50-22-21-46-38-16-11-34(41(48,32-7-12-35(42)13-8-32)33-9-14-36(43)15-10-33)29-31(38)30-39(40(46)47)45-19-17-44(18-20-45)37-5-3-2-4-6-37;1-48-23-24-50-27-28-51-26-25-49-22-21-46-38-16-11-33(40(31-7-12-35(42)13-8-31)32-9-14-36(43)15-10-32)29-34(38)30-39(41(46)47)45-19-17-44(18-20-45)37-5-3-2-4-6-37;1-4-7(5-2)6-3/h2-16,29-30,48H,17-28H2,1H3;2-16,29-30,40H,17-28H2,1H3;7H,4-6H2,1-3H3. The van der Waals surface area contributed by atoms with Gasteiger partial charge < -0.3 is 71.7 Å². The van der Waals surface area contributed by atoms with Crippen molar-refractivity contribution in [2.45, 2.75) is 63.5 Å². The third-order valence-electron chi connectivity index (χ3n) is 20.3. The largest absolute Gasteiger partial charge is 0.382 e. The maximum Gasteiger partial charge on any atom is 0.274 e. The number of aliphatic hydroxyl groups is 1. The van der Waals surface area contributed by atoms with Gasteiger partial charge >= 0.3 is 0 Å². The number of fused-ring (bicyclic) bond motifs is 2. The fourth-order valence-electron chi connectivity index (χ4n) is 14.1. The van der Waals surface area contributed by atoms with Gasteiger partial charge in [0, 0.05) is 137 Å². The molecule has 1 N–H and O–H groups in total. The molecule has 0 radical (unpaired) electrons. The average Bonchev–Trinajstić information content (AvgIpc) is 0.745. The summed E-state index contributed by atoms with van der Waals surface area (Å²) >= 11 is 25.1. The lowest BCUT2D eigenvalue weighted by atomic mass is 9.80. The fourth-order valence-corrected chi connectivity index (χ4v) is 16.3. The first kappa shape index (κ1) is 84.8. The lowest BCUT2D eigenvalue weighted by molar-refractivity contribution is 0.00277. The Hall–Kier alpha value is -7.60. The maximum atomic E-state index is 14.3. The van der Waals surface area contributed by atoms with Crippen LogP contribution in [0.15, 0.2) is 216 Å². The highest BCUT2D eigenvalue weighted by molar-refractivity contribution is 6.58. The topological polar surface area (TPSA) is 151 Å². The zero-order chi connectivity index (χ0) is 77.5. The van der Waals surface area contributed by atoms with Crippen molar-refractivity contribution in [2.24, 2.45) is 0 Å². The minimum absolute atomic E-state index is 0.0107. The van der Waals surface area contributed by atoms with E-state index < -0.39 is 5.60 Å². The molecule has 0 atom stereocenters. The number of anilines is 4. The summed E-state index contributed by atoms with van der Waals surface area (Å²) in [6, 6.07) is 71.8. The van der Waals surface area contributed by atoms with Crippen molar-refractivity contribution in [1.29, 1.82) is 0 Å². The molecule has 0 aliphatic carbocycles. The predicted octanol–water partition coefficient (Wildman–Crippen LogP) is 16.4. The second kappa shape index (κ2) is 44.6. The molecule has 0 spiro atoms. The van der Waals surface area contributed by atoms with E-state index in [1.54, 1.807) is 43.1 Å². The van der Waals surface area contributed by atoms with Crippen molar-refractivity contribution < 1.29 is 43.0 Å². The van der Waals surface area contributed by atoms with E-state index in [4.69, 9.17) is 84.3 Å². The maximum absolute atomic E-state index is 14.3. The van der Waals surface area contributed by atoms with Crippen LogP contribution in [0, 0.1) is 0 Å². The van der Waals surface area contributed by atoms with Crippen LogP contribution in [0.2, 0.25) is 38.2 Å². The Morgan fingerprint density at radius 2 is 0.673 bits per heavy atom. The first-order valence-corrected chi connectivity index (χ1v) is 42.4. The molecular formula is C88H106Cl4N6O11Si. The normalized spacial score (nSPS) is 13.3. The van der Waals surface area contributed by atoms with Gasteiger partial charge in [-0.3, -0.25) is 9.59 Å². The SMILES string of the molecule is CC[SiH](CC)CC.COCCOCCOCCOCCn1c(=O)c(N2CCN(c3ccccc3)CC2)cc2cc(C(O)(c3ccc(Cl)cc3)c3ccc(Cl)cc3)ccc21.COCCOCCOCCOCCn1c(=O)c(N2CCN(c3ccccc3)CC2)cc2cc(C(c3ccc(Cl)cc3)c3ccc(Cl)cc3)ccc21. The number of hydrogen-bond acceptors (Lipinski definition) is 15. The number of halogens is 4. The number of ether oxygens (including phenoxy) is 8. The average molecular weight is 1590 g/mol. The Balaban J connectivity index is 0.000000215. The lowest BCUT2D eigenvalue weighted by Crippen LogP contribution is -2.48. The van der Waals surface area contributed by atoms with Crippen molar-refractivity contribution >= 4 is 99.8 Å². The molecular weight excluding hydrogens is 1490 g/mol. The van der Waals surface area contributed by atoms with Crippen molar-refractivity contribution in [3.63, 3.8) is 0 Å². The van der Waals surface area contributed by atoms with Crippen LogP contribution >= 0.6 is 46.4 Å². The van der Waals surface area contributed by atoms with E-state index in [1.165, 1.54) is 29.5 Å². The van der Waals surface area contributed by atoms with Gasteiger partial charge in [-0.25, -0.2) is 0 Å². The molecule has 17 nitrogen and oxygen atoms in total. The molecule has 8 aromatic carbocycles. The summed E-state index contributed by atoms with van der Waals surface area (Å²) in [4.78, 5) is 37.6. The number of hydrogen-bond donors (Lipinski definition) is 1. The summed E-state index contributed by atoms with van der Waals surface area (Å²) in [7, 11) is 3.12. The van der Waals surface area contributed by atoms with Crippen molar-refractivity contribution in [1.82, 2.24) is 9.13 Å². The molecule has 110 heavy (non-hydrogen) atoms. The number of piperazine rings is 2. The van der Waals surface area contributed by atoms with Crippen LogP contribution < -0.4 is 30.7 Å². The number of benzene rings is 8. The summed E-state index contributed by atoms with van der Waals surface area (Å²) in [6.07, 6.45) is 0. The third kappa shape index (κ3) is 23.7. The van der Waals surface area contributed by atoms with E-state index in [2.05, 4.69) is 125 Å². The van der Waals surface area contributed by atoms with Gasteiger partial charge in [-0.15, -0.1) is 0 Å². The molecule has 10 aromatic rings. The Bertz CT molecular complexity index is 4400. The summed E-state index contributed by atoms with van der Waals surface area (Å²) in [5.41, 5.74) is 9.01. The van der Waals surface area contributed by atoms with Crippen LogP contribution in [0.3, 0.4) is 0 Å². The Kier molecular flexibility index (Phi) is 34.4. The van der Waals surface area contributed by atoms with E-state index in [0.717, 1.165) is 77.8 Å². The van der Waals surface area contributed by atoms with E-state index in [9.17, 15) is 14.7 Å². The molecule has 2 fully saturated rings. The second-order valence-electron chi connectivity index (χ2n) is 27.2. The van der Waals surface area contributed by atoms with E-state index >= 15 is 0 Å². The summed E-state index contributed by atoms with van der Waals surface area (Å²) < 4.78 is 47.6. The number of para-hydroxylation sites is 2. The molecule has 586 valence electrons. The number of aromatic nitrogens is 2. The van der Waals surface area contributed by atoms with Gasteiger partial charge in [-0.2, -0.15) is 0 Å². The highest BCUT2D eigenvalue weighted by atomic mass is 35.5. The van der Waals surface area contributed by atoms with Crippen LogP contribution in [0.5, 0.6) is 0 Å². The predicted molar refractivity (Wildman–Crippen MR) is 454 cm³/mol. The van der Waals surface area contributed by atoms with Gasteiger partial charge in [-0.1, -0.05) is 182 Å². The van der Waals surface area contributed by atoms with Crippen LogP contribution in [0.25, 0.3) is 21.8 Å². The van der Waals surface area contributed by atoms with E-state index in [-0.39, 0.29) is 25.8 Å². The summed E-state index contributed by atoms with van der Waals surface area (Å²) in [6.45, 7) is 20.4. The zero-order valence-electron chi connectivity index (χ0n) is 64.1. The van der Waals surface area contributed by atoms with E-state index in [0.29, 0.717) is 167 Å². The quantitative estimate of drug-likeness (QED) is 0.0223. The number of pyridine rings is 2. The molecule has 22 heteroatoms. The minimum Gasteiger partial charge on any atom is -0.382 e. The highest BCUT2D eigenvalue weighted by Gasteiger charge is 2.35. The molecule has 0 amide bonds. The molecule has 0 unspecified atom stereocenters. The first-order valence-electron chi connectivity index (χ1n) is 38.4. The molecule has 0 saturated carbocycles. The Morgan fingerprint density at radius 3 is 1.03 bits per heavy atom. The third-order valence-corrected chi connectivity index (χ3v) is 24.8. The molecule has 4 heterocycles. The van der Waals surface area contributed by atoms with Gasteiger partial charge in [0.15, 0.2) is 0 Å². The van der Waals surface area contributed by atoms with Crippen LogP contribution in [0.1, 0.15) is 60.1 Å². The number of nitrogens with zero attached hydrogens (tertiary/aromatic N) is 6. The molecule has 12 rings (SSSR count). The molecule has 2 aliphatic rings. The Labute approximate surface area is 670 Å². The number of rotatable bonds is 37. The lowest BCUT2D eigenvalue weighted by Gasteiger charge is -2.37.